The normalized spacial score (nSPS) is 11.0. The van der Waals surface area contributed by atoms with Crippen LogP contribution >= 0.6 is 0 Å². The van der Waals surface area contributed by atoms with E-state index < -0.39 is 0 Å². The molecule has 4 heteroatoms. The number of amides is 1. The number of aryl methyl sites for hydroxylation is 2. The Morgan fingerprint density at radius 3 is 2.43 bits per heavy atom. The van der Waals surface area contributed by atoms with Gasteiger partial charge in [-0.25, -0.2) is 4.98 Å². The van der Waals surface area contributed by atoms with Crippen molar-refractivity contribution in [1.29, 1.82) is 0 Å². The average molecular weight is 398 g/mol. The first-order valence-electron chi connectivity index (χ1n) is 10.5. The van der Waals surface area contributed by atoms with Crippen molar-refractivity contribution in [2.45, 2.75) is 33.7 Å². The molecule has 0 unspecified atom stereocenters. The Kier molecular flexibility index (Phi) is 5.66. The Hall–Kier alpha value is -3.40. The smallest absolute Gasteiger partial charge is 0.254 e. The lowest BCUT2D eigenvalue weighted by Crippen LogP contribution is -2.32. The summed E-state index contributed by atoms with van der Waals surface area (Å²) in [5.74, 6) is 0.926. The highest BCUT2D eigenvalue weighted by atomic mass is 16.2. The van der Waals surface area contributed by atoms with Gasteiger partial charge in [-0.15, -0.1) is 0 Å². The van der Waals surface area contributed by atoms with Gasteiger partial charge >= 0.3 is 0 Å². The Balaban J connectivity index is 1.76. The van der Waals surface area contributed by atoms with Gasteiger partial charge in [0, 0.05) is 17.8 Å². The lowest BCUT2D eigenvalue weighted by atomic mass is 10.0. The summed E-state index contributed by atoms with van der Waals surface area (Å²) < 4.78 is 2.16. The number of carbonyl (C=O) groups is 1. The third-order valence-corrected chi connectivity index (χ3v) is 5.37. The Labute approximate surface area is 177 Å². The first-order valence-corrected chi connectivity index (χ1v) is 10.5. The summed E-state index contributed by atoms with van der Waals surface area (Å²) in [5, 5.41) is 0. The summed E-state index contributed by atoms with van der Waals surface area (Å²) in [6.45, 7) is 7.30. The fraction of sp³-hybridized carbons (Fsp3) is 0.231. The van der Waals surface area contributed by atoms with Gasteiger partial charge in [0.15, 0.2) is 0 Å². The summed E-state index contributed by atoms with van der Waals surface area (Å²) in [6, 6.07) is 24.4. The number of para-hydroxylation sites is 3. The van der Waals surface area contributed by atoms with Gasteiger partial charge in [0.05, 0.1) is 17.6 Å². The minimum absolute atomic E-state index is 0.0565. The minimum Gasteiger partial charge on any atom is -0.331 e. The van der Waals surface area contributed by atoms with Crippen LogP contribution in [0.3, 0.4) is 0 Å². The highest BCUT2D eigenvalue weighted by molar-refractivity contribution is 5.95. The van der Waals surface area contributed by atoms with Crippen molar-refractivity contribution in [3.63, 3.8) is 0 Å². The van der Waals surface area contributed by atoms with E-state index in [9.17, 15) is 4.79 Å². The van der Waals surface area contributed by atoms with Crippen molar-refractivity contribution in [3.8, 4) is 5.69 Å². The molecule has 0 saturated heterocycles. The molecule has 0 fully saturated rings. The number of imidazole rings is 1. The van der Waals surface area contributed by atoms with Gasteiger partial charge in [-0.1, -0.05) is 55.0 Å². The molecule has 0 radical (unpaired) electrons. The number of benzene rings is 3. The molecular weight excluding hydrogens is 370 g/mol. The summed E-state index contributed by atoms with van der Waals surface area (Å²) in [5.41, 5.74) is 5.98. The van der Waals surface area contributed by atoms with E-state index in [1.807, 2.05) is 67.3 Å². The van der Waals surface area contributed by atoms with Crippen LogP contribution in [0.4, 0.5) is 0 Å². The zero-order chi connectivity index (χ0) is 21.1. The van der Waals surface area contributed by atoms with Crippen molar-refractivity contribution in [1.82, 2.24) is 14.5 Å². The van der Waals surface area contributed by atoms with Crippen molar-refractivity contribution >= 4 is 16.9 Å². The number of nitrogens with zero attached hydrogens (tertiary/aromatic N) is 3. The van der Waals surface area contributed by atoms with Crippen LogP contribution in [0.1, 0.15) is 40.7 Å². The third-order valence-electron chi connectivity index (χ3n) is 5.37. The molecule has 4 rings (SSSR count). The van der Waals surface area contributed by atoms with Crippen LogP contribution in [0.5, 0.6) is 0 Å². The Morgan fingerprint density at radius 1 is 0.967 bits per heavy atom. The number of hydrogen-bond acceptors (Lipinski definition) is 2. The van der Waals surface area contributed by atoms with E-state index in [0.29, 0.717) is 13.1 Å². The fourth-order valence-corrected chi connectivity index (χ4v) is 3.96. The summed E-state index contributed by atoms with van der Waals surface area (Å²) >= 11 is 0. The SMILES string of the molecule is CCCN(Cc1nc2ccccc2n1-c1ccccc1)C(=O)c1ccc(C)cc1C. The first kappa shape index (κ1) is 19.9. The maximum absolute atomic E-state index is 13.4. The molecule has 0 aliphatic carbocycles. The molecule has 0 aliphatic heterocycles. The second-order valence-corrected chi connectivity index (χ2v) is 7.73. The van der Waals surface area contributed by atoms with Crippen LogP contribution < -0.4 is 0 Å². The molecule has 4 nitrogen and oxygen atoms in total. The van der Waals surface area contributed by atoms with E-state index in [-0.39, 0.29) is 5.91 Å². The Bertz CT molecular complexity index is 1180. The number of fused-ring (bicyclic) bond motifs is 1. The second-order valence-electron chi connectivity index (χ2n) is 7.73. The average Bonchev–Trinajstić information content (AvgIpc) is 3.11. The maximum Gasteiger partial charge on any atom is 0.254 e. The summed E-state index contributed by atoms with van der Waals surface area (Å²) in [7, 11) is 0. The van der Waals surface area contributed by atoms with E-state index in [1.165, 1.54) is 0 Å². The van der Waals surface area contributed by atoms with E-state index in [0.717, 1.165) is 45.7 Å². The minimum atomic E-state index is 0.0565. The molecule has 152 valence electrons. The zero-order valence-corrected chi connectivity index (χ0v) is 17.8. The Morgan fingerprint density at radius 2 is 1.70 bits per heavy atom. The molecule has 1 aromatic heterocycles. The van der Waals surface area contributed by atoms with E-state index in [1.54, 1.807) is 0 Å². The van der Waals surface area contributed by atoms with Gasteiger partial charge in [-0.05, 0) is 56.2 Å². The van der Waals surface area contributed by atoms with Crippen molar-refractivity contribution in [3.05, 3.63) is 95.3 Å². The number of aromatic nitrogens is 2. The maximum atomic E-state index is 13.4. The standard InChI is InChI=1S/C26H27N3O/c1-4-16-28(26(30)22-15-14-19(2)17-20(22)3)18-25-27-23-12-8-9-13-24(23)29(25)21-10-6-5-7-11-21/h5-15,17H,4,16,18H2,1-3H3. The molecule has 4 aromatic rings. The van der Waals surface area contributed by atoms with Crippen LogP contribution in [0.2, 0.25) is 0 Å². The summed E-state index contributed by atoms with van der Waals surface area (Å²) in [6.07, 6.45) is 0.891. The van der Waals surface area contributed by atoms with Gasteiger partial charge in [-0.3, -0.25) is 9.36 Å². The van der Waals surface area contributed by atoms with Crippen LogP contribution in [-0.2, 0) is 6.54 Å². The van der Waals surface area contributed by atoms with Crippen molar-refractivity contribution < 1.29 is 4.79 Å². The quantitative estimate of drug-likeness (QED) is 0.419. The van der Waals surface area contributed by atoms with Crippen LogP contribution in [0.15, 0.2) is 72.8 Å². The third kappa shape index (κ3) is 3.86. The van der Waals surface area contributed by atoms with Crippen LogP contribution in [-0.4, -0.2) is 26.9 Å². The molecule has 0 aliphatic rings. The lowest BCUT2D eigenvalue weighted by molar-refractivity contribution is 0.0737. The summed E-state index contributed by atoms with van der Waals surface area (Å²) in [4.78, 5) is 20.2. The van der Waals surface area contributed by atoms with Crippen molar-refractivity contribution in [2.75, 3.05) is 6.54 Å². The predicted octanol–water partition coefficient (Wildman–Crippen LogP) is 5.69. The van der Waals surface area contributed by atoms with E-state index >= 15 is 0 Å². The van der Waals surface area contributed by atoms with Crippen molar-refractivity contribution in [2.24, 2.45) is 0 Å². The van der Waals surface area contributed by atoms with Crippen LogP contribution in [0, 0.1) is 13.8 Å². The lowest BCUT2D eigenvalue weighted by Gasteiger charge is -2.23. The number of carbonyl (C=O) groups excluding carboxylic acids is 1. The van der Waals surface area contributed by atoms with Gasteiger partial charge in [-0.2, -0.15) is 0 Å². The van der Waals surface area contributed by atoms with E-state index in [2.05, 4.69) is 35.8 Å². The number of rotatable bonds is 6. The largest absolute Gasteiger partial charge is 0.331 e. The van der Waals surface area contributed by atoms with Gasteiger partial charge in [0.2, 0.25) is 0 Å². The monoisotopic (exact) mass is 397 g/mol. The van der Waals surface area contributed by atoms with E-state index in [4.69, 9.17) is 4.98 Å². The molecule has 0 spiro atoms. The molecule has 0 N–H and O–H groups in total. The van der Waals surface area contributed by atoms with Crippen LogP contribution in [0.25, 0.3) is 16.7 Å². The molecule has 30 heavy (non-hydrogen) atoms. The molecule has 3 aromatic carbocycles. The molecule has 0 atom stereocenters. The van der Waals surface area contributed by atoms with Gasteiger partial charge < -0.3 is 4.90 Å². The van der Waals surface area contributed by atoms with Gasteiger partial charge in [0.1, 0.15) is 5.82 Å². The van der Waals surface area contributed by atoms with Gasteiger partial charge in [0.25, 0.3) is 5.91 Å². The predicted molar refractivity (Wildman–Crippen MR) is 122 cm³/mol. The highest BCUT2D eigenvalue weighted by Gasteiger charge is 2.21. The molecule has 0 saturated carbocycles. The zero-order valence-electron chi connectivity index (χ0n) is 17.8. The molecule has 1 heterocycles. The highest BCUT2D eigenvalue weighted by Crippen LogP contribution is 2.23. The topological polar surface area (TPSA) is 38.1 Å². The molecular formula is C26H27N3O. The second kappa shape index (κ2) is 8.54. The fourth-order valence-electron chi connectivity index (χ4n) is 3.96. The molecule has 0 bridgehead atoms. The molecule has 1 amide bonds. The first-order chi connectivity index (χ1) is 14.6. The number of hydrogen-bond donors (Lipinski definition) is 0.